The van der Waals surface area contributed by atoms with Crippen LogP contribution in [-0.4, -0.2) is 20.4 Å². The number of aryl methyl sites for hydroxylation is 1. The quantitative estimate of drug-likeness (QED) is 0.753. The molecular weight excluding hydrogens is 364 g/mol. The monoisotopic (exact) mass is 388 g/mol. The minimum absolute atomic E-state index is 0.0119. The van der Waals surface area contributed by atoms with Crippen molar-refractivity contribution in [2.45, 2.75) is 44.6 Å². The van der Waals surface area contributed by atoms with Crippen LogP contribution in [0.3, 0.4) is 0 Å². The fraction of sp³-hybridized carbons (Fsp3) is 0.350. The molecule has 0 unspecified atom stereocenters. The average molecular weight is 388 g/mol. The summed E-state index contributed by atoms with van der Waals surface area (Å²) in [4.78, 5) is 12.0. The van der Waals surface area contributed by atoms with Crippen LogP contribution >= 0.6 is 0 Å². The Morgan fingerprint density at radius 2 is 1.81 bits per heavy atom. The van der Waals surface area contributed by atoms with Gasteiger partial charge < -0.3 is 10.1 Å². The number of nitrogens with one attached hydrogen (secondary N) is 2. The van der Waals surface area contributed by atoms with Crippen LogP contribution < -0.4 is 14.8 Å². The van der Waals surface area contributed by atoms with Gasteiger partial charge in [-0.05, 0) is 75.6 Å². The van der Waals surface area contributed by atoms with Gasteiger partial charge in [0, 0.05) is 11.6 Å². The van der Waals surface area contributed by atoms with Crippen LogP contribution in [0.5, 0.6) is 5.75 Å². The summed E-state index contributed by atoms with van der Waals surface area (Å²) < 4.78 is 33.6. The molecule has 0 spiro atoms. The fourth-order valence-electron chi connectivity index (χ4n) is 2.64. The summed E-state index contributed by atoms with van der Waals surface area (Å²) in [7, 11) is -3.75. The first-order valence-electron chi connectivity index (χ1n) is 8.95. The summed E-state index contributed by atoms with van der Waals surface area (Å²) in [5, 5.41) is 2.81. The van der Waals surface area contributed by atoms with E-state index in [1.807, 2.05) is 20.8 Å². The molecule has 0 saturated heterocycles. The third-order valence-electron chi connectivity index (χ3n) is 4.15. The van der Waals surface area contributed by atoms with Crippen LogP contribution in [0.15, 0.2) is 47.4 Å². The number of ether oxygens (including phenoxy) is 1. The van der Waals surface area contributed by atoms with Gasteiger partial charge in [-0.25, -0.2) is 8.42 Å². The largest absolute Gasteiger partial charge is 0.491 e. The number of benzene rings is 2. The summed E-state index contributed by atoms with van der Waals surface area (Å²) in [6.07, 6.45) is 1.83. The predicted molar refractivity (Wildman–Crippen MR) is 106 cm³/mol. The van der Waals surface area contributed by atoms with Crippen LogP contribution in [0, 0.1) is 12.8 Å². The van der Waals surface area contributed by atoms with Gasteiger partial charge in [-0.2, -0.15) is 0 Å². The minimum Gasteiger partial charge on any atom is -0.491 e. The van der Waals surface area contributed by atoms with E-state index in [0.29, 0.717) is 17.1 Å². The van der Waals surface area contributed by atoms with Crippen LogP contribution in [0.25, 0.3) is 0 Å². The number of rotatable bonds is 7. The molecule has 1 fully saturated rings. The van der Waals surface area contributed by atoms with Crippen molar-refractivity contribution in [1.29, 1.82) is 0 Å². The molecule has 0 aliphatic heterocycles. The third-order valence-corrected chi connectivity index (χ3v) is 5.53. The molecule has 2 aromatic rings. The Labute approximate surface area is 160 Å². The first-order valence-corrected chi connectivity index (χ1v) is 10.4. The molecule has 6 nitrogen and oxygen atoms in total. The normalized spacial score (nSPS) is 14.1. The number of carbonyl (C=O) groups excluding carboxylic acids is 1. The Balaban J connectivity index is 1.76. The van der Waals surface area contributed by atoms with Crippen LogP contribution in [0.2, 0.25) is 0 Å². The van der Waals surface area contributed by atoms with E-state index in [9.17, 15) is 13.2 Å². The van der Waals surface area contributed by atoms with E-state index in [1.54, 1.807) is 36.4 Å². The van der Waals surface area contributed by atoms with Gasteiger partial charge in [0.2, 0.25) is 5.91 Å². The molecule has 0 atom stereocenters. The Hall–Kier alpha value is -2.54. The maximum absolute atomic E-state index is 12.7. The van der Waals surface area contributed by atoms with Gasteiger partial charge in [0.15, 0.2) is 0 Å². The zero-order valence-corrected chi connectivity index (χ0v) is 16.5. The molecular formula is C20H24N2O4S. The SMILES string of the molecule is Cc1cc(S(=O)(=O)Nc2cccc(NC(=O)C3CC3)c2)ccc1OC(C)C. The molecule has 144 valence electrons. The molecule has 2 N–H and O–H groups in total. The van der Waals surface area contributed by atoms with Crippen molar-refractivity contribution < 1.29 is 17.9 Å². The molecule has 1 saturated carbocycles. The predicted octanol–water partition coefficient (Wildman–Crippen LogP) is 3.93. The first-order chi connectivity index (χ1) is 12.7. The maximum Gasteiger partial charge on any atom is 0.261 e. The van der Waals surface area contributed by atoms with Gasteiger partial charge in [0.05, 0.1) is 16.7 Å². The van der Waals surface area contributed by atoms with Crippen molar-refractivity contribution in [2.24, 2.45) is 5.92 Å². The Bertz CT molecular complexity index is 950. The summed E-state index contributed by atoms with van der Waals surface area (Å²) in [5.74, 6) is 0.722. The van der Waals surface area contributed by atoms with Gasteiger partial charge in [0.1, 0.15) is 5.75 Å². The molecule has 0 aromatic heterocycles. The highest BCUT2D eigenvalue weighted by Gasteiger charge is 2.29. The van der Waals surface area contributed by atoms with Gasteiger partial charge in [-0.1, -0.05) is 6.07 Å². The molecule has 2 aromatic carbocycles. The third kappa shape index (κ3) is 5.01. The number of sulfonamides is 1. The van der Waals surface area contributed by atoms with Crippen molar-refractivity contribution in [1.82, 2.24) is 0 Å². The van der Waals surface area contributed by atoms with E-state index in [4.69, 9.17) is 4.74 Å². The zero-order valence-electron chi connectivity index (χ0n) is 15.7. The lowest BCUT2D eigenvalue weighted by atomic mass is 10.2. The first kappa shape index (κ1) is 19.2. The van der Waals surface area contributed by atoms with E-state index >= 15 is 0 Å². The van der Waals surface area contributed by atoms with Crippen molar-refractivity contribution in [3.05, 3.63) is 48.0 Å². The molecule has 1 aliphatic carbocycles. The van der Waals surface area contributed by atoms with Crippen LogP contribution in [0.4, 0.5) is 11.4 Å². The Morgan fingerprint density at radius 1 is 1.11 bits per heavy atom. The average Bonchev–Trinajstić information content (AvgIpc) is 3.41. The maximum atomic E-state index is 12.7. The number of carbonyl (C=O) groups is 1. The Morgan fingerprint density at radius 3 is 2.44 bits per heavy atom. The fourth-order valence-corrected chi connectivity index (χ4v) is 3.77. The van der Waals surface area contributed by atoms with Gasteiger partial charge >= 0.3 is 0 Å². The molecule has 1 amide bonds. The van der Waals surface area contributed by atoms with Crippen LogP contribution in [-0.2, 0) is 14.8 Å². The summed E-state index contributed by atoms with van der Waals surface area (Å²) in [6, 6.07) is 11.5. The van der Waals surface area contributed by atoms with E-state index in [1.165, 1.54) is 6.07 Å². The highest BCUT2D eigenvalue weighted by Crippen LogP contribution is 2.30. The number of hydrogen-bond donors (Lipinski definition) is 2. The zero-order chi connectivity index (χ0) is 19.6. The van der Waals surface area contributed by atoms with Crippen molar-refractivity contribution in [2.75, 3.05) is 10.0 Å². The molecule has 0 heterocycles. The van der Waals surface area contributed by atoms with Crippen molar-refractivity contribution in [3.63, 3.8) is 0 Å². The summed E-state index contributed by atoms with van der Waals surface area (Å²) in [5.41, 5.74) is 1.71. The smallest absolute Gasteiger partial charge is 0.261 e. The second-order valence-corrected chi connectivity index (χ2v) is 8.73. The van der Waals surface area contributed by atoms with Crippen LogP contribution in [0.1, 0.15) is 32.3 Å². The highest BCUT2D eigenvalue weighted by atomic mass is 32.2. The standard InChI is InChI=1S/C20H24N2O4S/c1-13(2)26-19-10-9-18(11-14(19)3)27(24,25)22-17-6-4-5-16(12-17)21-20(23)15-7-8-15/h4-6,9-13,15,22H,7-8H2,1-3H3,(H,21,23). The molecule has 27 heavy (non-hydrogen) atoms. The lowest BCUT2D eigenvalue weighted by Crippen LogP contribution is -2.15. The van der Waals surface area contributed by atoms with E-state index in [0.717, 1.165) is 18.4 Å². The Kier molecular flexibility index (Phi) is 5.41. The summed E-state index contributed by atoms with van der Waals surface area (Å²) >= 11 is 0. The number of anilines is 2. The molecule has 0 bridgehead atoms. The van der Waals surface area contributed by atoms with Gasteiger partial charge in [-0.15, -0.1) is 0 Å². The highest BCUT2D eigenvalue weighted by molar-refractivity contribution is 7.92. The second-order valence-electron chi connectivity index (χ2n) is 7.04. The molecule has 7 heteroatoms. The topological polar surface area (TPSA) is 84.5 Å². The van der Waals surface area contributed by atoms with Crippen molar-refractivity contribution in [3.8, 4) is 5.75 Å². The van der Waals surface area contributed by atoms with Crippen molar-refractivity contribution >= 4 is 27.3 Å². The molecule has 0 radical (unpaired) electrons. The lowest BCUT2D eigenvalue weighted by Gasteiger charge is -2.14. The van der Waals surface area contributed by atoms with Gasteiger partial charge in [-0.3, -0.25) is 9.52 Å². The number of amides is 1. The van der Waals surface area contributed by atoms with E-state index < -0.39 is 10.0 Å². The summed E-state index contributed by atoms with van der Waals surface area (Å²) in [6.45, 7) is 5.64. The minimum atomic E-state index is -3.75. The van der Waals surface area contributed by atoms with E-state index in [-0.39, 0.29) is 22.8 Å². The number of hydrogen-bond acceptors (Lipinski definition) is 4. The molecule has 3 rings (SSSR count). The van der Waals surface area contributed by atoms with E-state index in [2.05, 4.69) is 10.0 Å². The molecule has 1 aliphatic rings. The van der Waals surface area contributed by atoms with Gasteiger partial charge in [0.25, 0.3) is 10.0 Å². The lowest BCUT2D eigenvalue weighted by molar-refractivity contribution is -0.117. The second kappa shape index (κ2) is 7.60.